The van der Waals surface area contributed by atoms with Crippen molar-refractivity contribution in [3.05, 3.63) is 86.6 Å². The van der Waals surface area contributed by atoms with Crippen molar-refractivity contribution in [1.29, 1.82) is 0 Å². The predicted octanol–water partition coefficient (Wildman–Crippen LogP) is 5.66. The van der Waals surface area contributed by atoms with Crippen LogP contribution >= 0.6 is 23.2 Å². The normalized spacial score (nSPS) is 11.5. The van der Waals surface area contributed by atoms with Crippen LogP contribution in [0.15, 0.2) is 59.7 Å². The summed E-state index contributed by atoms with van der Waals surface area (Å²) in [7, 11) is 3.04. The molecule has 1 amide bonds. The first-order chi connectivity index (χ1) is 20.9. The number of halogens is 2. The molecule has 0 unspecified atom stereocenters. The highest BCUT2D eigenvalue weighted by Crippen LogP contribution is 2.41. The van der Waals surface area contributed by atoms with Gasteiger partial charge in [-0.25, -0.2) is 14.3 Å². The number of nitrogens with zero attached hydrogens (tertiary/aromatic N) is 5. The van der Waals surface area contributed by atoms with Gasteiger partial charge in [0.2, 0.25) is 5.88 Å². The smallest absolute Gasteiger partial charge is 0.407 e. The summed E-state index contributed by atoms with van der Waals surface area (Å²) < 4.78 is 13.5. The second-order valence-electron chi connectivity index (χ2n) is 11.0. The number of amides is 1. The minimum atomic E-state index is -0.546. The van der Waals surface area contributed by atoms with Crippen LogP contribution in [-0.2, 0) is 25.0 Å². The molecule has 0 aliphatic carbocycles. The lowest BCUT2D eigenvalue weighted by Crippen LogP contribution is -2.40. The summed E-state index contributed by atoms with van der Waals surface area (Å²) in [6, 6.07) is 12.5. The minimum absolute atomic E-state index is 0.0283. The van der Waals surface area contributed by atoms with Crippen molar-refractivity contribution >= 4 is 34.8 Å². The van der Waals surface area contributed by atoms with E-state index in [2.05, 4.69) is 20.4 Å². The highest BCUT2D eigenvalue weighted by Gasteiger charge is 2.20. The first-order valence-corrected chi connectivity index (χ1v) is 14.3. The molecule has 13 heteroatoms. The van der Waals surface area contributed by atoms with E-state index < -0.39 is 11.6 Å². The maximum atomic E-state index is 12.8. The van der Waals surface area contributed by atoms with Gasteiger partial charge < -0.3 is 19.9 Å². The van der Waals surface area contributed by atoms with E-state index in [-0.39, 0.29) is 24.6 Å². The summed E-state index contributed by atoms with van der Waals surface area (Å²) in [6.45, 7) is 5.17. The molecule has 5 aromatic rings. The summed E-state index contributed by atoms with van der Waals surface area (Å²) in [5.74, 6) is 0.513. The van der Waals surface area contributed by atoms with Crippen molar-refractivity contribution in [2.24, 2.45) is 7.05 Å². The zero-order valence-electron chi connectivity index (χ0n) is 24.7. The Morgan fingerprint density at radius 1 is 1.07 bits per heavy atom. The summed E-state index contributed by atoms with van der Waals surface area (Å²) in [5, 5.41) is 17.4. The molecular weight excluding hydrogens is 607 g/mol. The molecule has 0 atom stereocenters. The van der Waals surface area contributed by atoms with Crippen LogP contribution in [0, 0.1) is 0 Å². The molecule has 1 aromatic carbocycles. The molecule has 0 bridgehead atoms. The van der Waals surface area contributed by atoms with Crippen LogP contribution in [0.25, 0.3) is 39.2 Å². The maximum absolute atomic E-state index is 12.8. The number of nitrogens with one attached hydrogen (secondary N) is 1. The Bertz CT molecular complexity index is 1950. The third kappa shape index (κ3) is 6.12. The Morgan fingerprint density at radius 2 is 1.80 bits per heavy atom. The van der Waals surface area contributed by atoms with Gasteiger partial charge in [0, 0.05) is 47.2 Å². The molecule has 0 spiro atoms. The van der Waals surface area contributed by atoms with Gasteiger partial charge in [-0.05, 0) is 45.0 Å². The van der Waals surface area contributed by atoms with E-state index in [9.17, 15) is 14.7 Å². The molecule has 4 aromatic heterocycles. The summed E-state index contributed by atoms with van der Waals surface area (Å²) in [6.07, 6.45) is 2.70. The Hall–Kier alpha value is -4.45. The first kappa shape index (κ1) is 31.0. The number of aliphatic hydroxyl groups is 1. The van der Waals surface area contributed by atoms with Crippen LogP contribution in [0.3, 0.4) is 0 Å². The number of ether oxygens (including phenoxy) is 2. The fourth-order valence-corrected chi connectivity index (χ4v) is 5.27. The van der Waals surface area contributed by atoms with Crippen LogP contribution in [-0.4, -0.2) is 48.0 Å². The molecule has 0 saturated carbocycles. The van der Waals surface area contributed by atoms with Crippen molar-refractivity contribution in [2.45, 2.75) is 39.5 Å². The highest BCUT2D eigenvalue weighted by molar-refractivity contribution is 6.39. The quantitative estimate of drug-likeness (QED) is 0.234. The first-order valence-electron chi connectivity index (χ1n) is 13.5. The summed E-state index contributed by atoms with van der Waals surface area (Å²) in [5.41, 5.74) is 3.61. The standard InChI is InChI=1S/C31H30Cl2N6O5/c1-31(2,3)36-30(42)44-16-17-9-10-22(35-28(17)43-5)21-8-6-7-19(25(21)32)20-11-12-34-27(26(20)33)18-13-23-29(41)38(4)24(15-40)37-39(23)14-18/h6-14,40H,15-16H2,1-5H3,(H,36,42). The average Bonchev–Trinajstić information content (AvgIpc) is 3.41. The second-order valence-corrected chi connectivity index (χ2v) is 11.8. The molecule has 11 nitrogen and oxygen atoms in total. The van der Waals surface area contributed by atoms with Gasteiger partial charge in [0.1, 0.15) is 18.7 Å². The molecule has 0 radical (unpaired) electrons. The van der Waals surface area contributed by atoms with Gasteiger partial charge in [-0.3, -0.25) is 14.3 Å². The number of aromatic nitrogens is 5. The lowest BCUT2D eigenvalue weighted by Gasteiger charge is -2.20. The van der Waals surface area contributed by atoms with E-state index in [1.807, 2.05) is 39.0 Å². The lowest BCUT2D eigenvalue weighted by molar-refractivity contribution is 0.130. The third-order valence-corrected chi connectivity index (χ3v) is 7.56. The lowest BCUT2D eigenvalue weighted by atomic mass is 10.00. The molecule has 4 heterocycles. The van der Waals surface area contributed by atoms with Crippen LogP contribution in [0.4, 0.5) is 4.79 Å². The largest absolute Gasteiger partial charge is 0.481 e. The molecule has 5 rings (SSSR count). The van der Waals surface area contributed by atoms with Gasteiger partial charge in [0.25, 0.3) is 5.56 Å². The Morgan fingerprint density at radius 3 is 2.50 bits per heavy atom. The fourth-order valence-electron chi connectivity index (χ4n) is 4.62. The molecule has 44 heavy (non-hydrogen) atoms. The average molecular weight is 638 g/mol. The van der Waals surface area contributed by atoms with Crippen molar-refractivity contribution < 1.29 is 19.4 Å². The number of hydrogen-bond acceptors (Lipinski definition) is 8. The minimum Gasteiger partial charge on any atom is -0.481 e. The highest BCUT2D eigenvalue weighted by atomic mass is 35.5. The van der Waals surface area contributed by atoms with E-state index in [0.717, 1.165) is 0 Å². The van der Waals surface area contributed by atoms with Crippen LogP contribution in [0.1, 0.15) is 32.2 Å². The van der Waals surface area contributed by atoms with Crippen LogP contribution in [0.5, 0.6) is 5.88 Å². The van der Waals surface area contributed by atoms with Crippen molar-refractivity contribution in [1.82, 2.24) is 29.5 Å². The van der Waals surface area contributed by atoms with Crippen molar-refractivity contribution in [3.8, 4) is 39.5 Å². The Balaban J connectivity index is 1.49. The predicted molar refractivity (Wildman–Crippen MR) is 168 cm³/mol. The zero-order valence-corrected chi connectivity index (χ0v) is 26.2. The maximum Gasteiger partial charge on any atom is 0.407 e. The number of carbonyl (C=O) groups excluding carboxylic acids is 1. The number of alkyl carbamates (subject to hydrolysis) is 1. The second kappa shape index (κ2) is 12.3. The monoisotopic (exact) mass is 636 g/mol. The van der Waals surface area contributed by atoms with Gasteiger partial charge in [0.15, 0.2) is 5.82 Å². The number of hydrogen-bond donors (Lipinski definition) is 2. The van der Waals surface area contributed by atoms with Gasteiger partial charge >= 0.3 is 6.09 Å². The van der Waals surface area contributed by atoms with Crippen LogP contribution in [0.2, 0.25) is 10.0 Å². The molecule has 0 aliphatic rings. The van der Waals surface area contributed by atoms with Crippen molar-refractivity contribution in [2.75, 3.05) is 7.11 Å². The third-order valence-electron chi connectivity index (χ3n) is 6.77. The molecule has 0 saturated heterocycles. The summed E-state index contributed by atoms with van der Waals surface area (Å²) in [4.78, 5) is 34.0. The van der Waals surface area contributed by atoms with Crippen molar-refractivity contribution in [3.63, 3.8) is 0 Å². The topological polar surface area (TPSA) is 133 Å². The molecular formula is C31H30Cl2N6O5. The van der Waals surface area contributed by atoms with E-state index in [4.69, 9.17) is 32.7 Å². The van der Waals surface area contributed by atoms with Gasteiger partial charge in [-0.15, -0.1) is 0 Å². The molecule has 0 fully saturated rings. The van der Waals surface area contributed by atoms with Crippen LogP contribution < -0.4 is 15.6 Å². The van der Waals surface area contributed by atoms with Gasteiger partial charge in [-0.1, -0.05) is 41.4 Å². The molecule has 0 aliphatic heterocycles. The summed E-state index contributed by atoms with van der Waals surface area (Å²) >= 11 is 13.9. The molecule has 2 N–H and O–H groups in total. The number of carbonyl (C=O) groups is 1. The van der Waals surface area contributed by atoms with E-state index in [1.165, 1.54) is 16.2 Å². The van der Waals surface area contributed by atoms with E-state index in [1.54, 1.807) is 43.7 Å². The number of methoxy groups -OCH3 is 1. The van der Waals surface area contributed by atoms with Gasteiger partial charge in [0.05, 0.1) is 34.1 Å². The van der Waals surface area contributed by atoms with E-state index in [0.29, 0.717) is 60.6 Å². The number of rotatable bonds is 7. The molecule has 228 valence electrons. The zero-order chi connectivity index (χ0) is 31.8. The van der Waals surface area contributed by atoms with Gasteiger partial charge in [-0.2, -0.15) is 5.10 Å². The number of fused-ring (bicyclic) bond motifs is 1. The Kier molecular flexibility index (Phi) is 8.64. The number of pyridine rings is 2. The SMILES string of the molecule is COc1nc(-c2cccc(-c3ccnc(-c4cc5c(=O)n(C)c(CO)nn5c4)c3Cl)c2Cl)ccc1COC(=O)NC(C)(C)C. The fraction of sp³-hybridized carbons (Fsp3) is 0.258. The number of aliphatic hydroxyl groups excluding tert-OH is 1. The Labute approximate surface area is 263 Å². The van der Waals surface area contributed by atoms with E-state index >= 15 is 0 Å². The number of benzene rings is 1.